The van der Waals surface area contributed by atoms with Crippen LogP contribution in [0.5, 0.6) is 0 Å². The van der Waals surface area contributed by atoms with Crippen LogP contribution in [0, 0.1) is 13.8 Å². The van der Waals surface area contributed by atoms with Crippen molar-refractivity contribution in [2.24, 2.45) is 0 Å². The third-order valence-corrected chi connectivity index (χ3v) is 6.18. The number of benzene rings is 2. The van der Waals surface area contributed by atoms with E-state index in [0.29, 0.717) is 17.0 Å². The first-order valence-electron chi connectivity index (χ1n) is 10.2. The summed E-state index contributed by atoms with van der Waals surface area (Å²) in [7, 11) is 0. The Morgan fingerprint density at radius 2 is 1.91 bits per heavy atom. The van der Waals surface area contributed by atoms with Crippen molar-refractivity contribution in [1.82, 2.24) is 15.1 Å². The Labute approximate surface area is 189 Å². The van der Waals surface area contributed by atoms with Gasteiger partial charge in [-0.1, -0.05) is 23.4 Å². The summed E-state index contributed by atoms with van der Waals surface area (Å²) in [6.07, 6.45) is 1.90. The van der Waals surface area contributed by atoms with Gasteiger partial charge >= 0.3 is 0 Å². The van der Waals surface area contributed by atoms with Crippen LogP contribution in [0.25, 0.3) is 32.9 Å². The number of anilines is 1. The topological polar surface area (TPSA) is 80.9 Å². The third-order valence-electron chi connectivity index (χ3n) is 5.32. The van der Waals surface area contributed by atoms with E-state index in [1.807, 2.05) is 73.8 Å². The highest BCUT2D eigenvalue weighted by atomic mass is 32.1. The smallest absolute Gasteiger partial charge is 0.230 e. The van der Waals surface area contributed by atoms with Crippen molar-refractivity contribution in [3.8, 4) is 22.0 Å². The Hall–Kier alpha value is -3.84. The zero-order chi connectivity index (χ0) is 22.1. The number of fused-ring (bicyclic) bond motifs is 1. The molecule has 0 aliphatic rings. The van der Waals surface area contributed by atoms with E-state index in [4.69, 9.17) is 9.51 Å². The summed E-state index contributed by atoms with van der Waals surface area (Å²) in [5, 5.41) is 10.8. The number of hydrogen-bond donors (Lipinski definition) is 1. The van der Waals surface area contributed by atoms with E-state index in [1.54, 1.807) is 17.5 Å². The van der Waals surface area contributed by atoms with E-state index < -0.39 is 0 Å². The Bertz CT molecular complexity index is 1420. The normalized spacial score (nSPS) is 11.1. The lowest BCUT2D eigenvalue weighted by Crippen LogP contribution is -2.14. The van der Waals surface area contributed by atoms with Gasteiger partial charge in [-0.05, 0) is 61.4 Å². The lowest BCUT2D eigenvalue weighted by atomic mass is 10.1. The summed E-state index contributed by atoms with van der Waals surface area (Å²) >= 11 is 1.54. The van der Waals surface area contributed by atoms with Gasteiger partial charge < -0.3 is 9.84 Å². The molecule has 7 heteroatoms. The van der Waals surface area contributed by atoms with Crippen LogP contribution in [0.15, 0.2) is 70.7 Å². The van der Waals surface area contributed by atoms with Crippen molar-refractivity contribution < 1.29 is 9.32 Å². The number of aromatic nitrogens is 3. The zero-order valence-electron chi connectivity index (χ0n) is 17.6. The molecule has 0 radical (unpaired) electrons. The fraction of sp³-hybridized carbons (Fsp3) is 0.120. The molecule has 0 aliphatic heterocycles. The Morgan fingerprint density at radius 3 is 2.75 bits per heavy atom. The largest absolute Gasteiger partial charge is 0.356 e. The predicted molar refractivity (Wildman–Crippen MR) is 127 cm³/mol. The number of rotatable bonds is 5. The maximum Gasteiger partial charge on any atom is 0.230 e. The van der Waals surface area contributed by atoms with Crippen molar-refractivity contribution in [2.75, 3.05) is 5.32 Å². The maximum absolute atomic E-state index is 12.7. The molecule has 1 N–H and O–H groups in total. The first kappa shape index (κ1) is 20.1. The number of thiazole rings is 1. The van der Waals surface area contributed by atoms with Crippen LogP contribution < -0.4 is 5.32 Å². The summed E-state index contributed by atoms with van der Waals surface area (Å²) in [5.74, 6) is -0.150. The Kier molecular flexibility index (Phi) is 5.25. The van der Waals surface area contributed by atoms with E-state index in [-0.39, 0.29) is 12.3 Å². The third kappa shape index (κ3) is 4.02. The van der Waals surface area contributed by atoms with Crippen LogP contribution in [0.4, 0.5) is 5.69 Å². The summed E-state index contributed by atoms with van der Waals surface area (Å²) in [6.45, 7) is 4.06. The molecule has 32 heavy (non-hydrogen) atoms. The van der Waals surface area contributed by atoms with E-state index in [2.05, 4.69) is 15.5 Å². The van der Waals surface area contributed by atoms with E-state index in [1.165, 1.54) is 0 Å². The minimum absolute atomic E-state index is 0.139. The lowest BCUT2D eigenvalue weighted by Gasteiger charge is -2.06. The van der Waals surface area contributed by atoms with Gasteiger partial charge in [-0.2, -0.15) is 0 Å². The van der Waals surface area contributed by atoms with Crippen LogP contribution in [-0.4, -0.2) is 21.0 Å². The van der Waals surface area contributed by atoms with Gasteiger partial charge in [0.05, 0.1) is 17.8 Å². The summed E-state index contributed by atoms with van der Waals surface area (Å²) in [4.78, 5) is 21.8. The van der Waals surface area contributed by atoms with Gasteiger partial charge in [0.15, 0.2) is 5.58 Å². The average Bonchev–Trinajstić information content (AvgIpc) is 3.43. The molecule has 0 aliphatic carbocycles. The second kappa shape index (κ2) is 8.36. The van der Waals surface area contributed by atoms with Gasteiger partial charge in [0.2, 0.25) is 5.91 Å². The monoisotopic (exact) mass is 440 g/mol. The molecule has 0 fully saturated rings. The van der Waals surface area contributed by atoms with Crippen LogP contribution in [-0.2, 0) is 11.2 Å². The molecular formula is C25H20N4O2S. The molecule has 3 aromatic heterocycles. The number of nitrogens with zero attached hydrogens (tertiary/aromatic N) is 3. The predicted octanol–water partition coefficient (Wildman–Crippen LogP) is 5.81. The van der Waals surface area contributed by atoms with Crippen LogP contribution in [0.3, 0.4) is 0 Å². The van der Waals surface area contributed by atoms with Crippen molar-refractivity contribution >= 4 is 33.9 Å². The first-order chi connectivity index (χ1) is 15.6. The standard InChI is InChI=1S/C25H20N4O2S/c1-15-10-19-21(29-31-23(19)11-16(15)2)13-24(30)27-18-7-5-6-17(12-18)22-14-32-25(28-22)20-8-3-4-9-26-20/h3-12,14H,13H2,1-2H3,(H,27,30). The average molecular weight is 441 g/mol. The maximum atomic E-state index is 12.7. The molecule has 0 atom stereocenters. The molecule has 0 unspecified atom stereocenters. The molecule has 0 spiro atoms. The van der Waals surface area contributed by atoms with Gasteiger partial charge in [0.25, 0.3) is 0 Å². The quantitative estimate of drug-likeness (QED) is 0.373. The number of amides is 1. The number of aryl methyl sites for hydroxylation is 2. The fourth-order valence-corrected chi connectivity index (χ4v) is 4.30. The molecule has 5 aromatic rings. The molecule has 0 saturated heterocycles. The Morgan fingerprint density at radius 1 is 1.03 bits per heavy atom. The number of hydrogen-bond acceptors (Lipinski definition) is 6. The van der Waals surface area contributed by atoms with Crippen molar-refractivity contribution in [1.29, 1.82) is 0 Å². The molecular weight excluding hydrogens is 420 g/mol. The van der Waals surface area contributed by atoms with Gasteiger partial charge in [-0.15, -0.1) is 11.3 Å². The van der Waals surface area contributed by atoms with Crippen molar-refractivity contribution in [2.45, 2.75) is 20.3 Å². The van der Waals surface area contributed by atoms with E-state index >= 15 is 0 Å². The van der Waals surface area contributed by atoms with Gasteiger partial charge in [0, 0.05) is 28.2 Å². The van der Waals surface area contributed by atoms with Crippen LogP contribution in [0.1, 0.15) is 16.8 Å². The molecule has 158 valence electrons. The van der Waals surface area contributed by atoms with E-state index in [9.17, 15) is 4.79 Å². The second-order valence-electron chi connectivity index (χ2n) is 7.62. The molecule has 0 saturated carbocycles. The number of carbonyl (C=O) groups is 1. The molecule has 5 rings (SSSR count). The first-order valence-corrected chi connectivity index (χ1v) is 11.1. The lowest BCUT2D eigenvalue weighted by molar-refractivity contribution is -0.115. The van der Waals surface area contributed by atoms with Crippen molar-refractivity contribution in [3.63, 3.8) is 0 Å². The SMILES string of the molecule is Cc1cc2onc(CC(=O)Nc3cccc(-c4csc(-c5ccccn5)n4)c3)c2cc1C. The highest BCUT2D eigenvalue weighted by Crippen LogP contribution is 2.29. The van der Waals surface area contributed by atoms with Gasteiger partial charge in [-0.3, -0.25) is 9.78 Å². The van der Waals surface area contributed by atoms with E-state index in [0.717, 1.165) is 38.5 Å². The molecule has 6 nitrogen and oxygen atoms in total. The molecule has 0 bridgehead atoms. The fourth-order valence-electron chi connectivity index (χ4n) is 3.50. The molecule has 3 heterocycles. The molecule has 1 amide bonds. The number of carbonyl (C=O) groups excluding carboxylic acids is 1. The second-order valence-corrected chi connectivity index (χ2v) is 8.48. The Balaban J connectivity index is 1.33. The van der Waals surface area contributed by atoms with Crippen molar-refractivity contribution in [3.05, 3.63) is 83.0 Å². The minimum Gasteiger partial charge on any atom is -0.356 e. The highest BCUT2D eigenvalue weighted by Gasteiger charge is 2.14. The highest BCUT2D eigenvalue weighted by molar-refractivity contribution is 7.13. The van der Waals surface area contributed by atoms with Crippen LogP contribution >= 0.6 is 11.3 Å². The number of pyridine rings is 1. The minimum atomic E-state index is -0.150. The van der Waals surface area contributed by atoms with Gasteiger partial charge in [-0.25, -0.2) is 4.98 Å². The molecule has 2 aromatic carbocycles. The summed E-state index contributed by atoms with van der Waals surface area (Å²) in [6, 6.07) is 17.4. The summed E-state index contributed by atoms with van der Waals surface area (Å²) in [5.41, 5.74) is 6.94. The van der Waals surface area contributed by atoms with Crippen LogP contribution in [0.2, 0.25) is 0 Å². The number of nitrogens with one attached hydrogen (secondary N) is 1. The van der Waals surface area contributed by atoms with Gasteiger partial charge in [0.1, 0.15) is 10.7 Å². The summed E-state index contributed by atoms with van der Waals surface area (Å²) < 4.78 is 5.41. The zero-order valence-corrected chi connectivity index (χ0v) is 18.4.